The number of halogens is 2. The van der Waals surface area contributed by atoms with Gasteiger partial charge in [0.15, 0.2) is 17.3 Å². The fraction of sp³-hybridized carbons (Fsp3) is 0.412. The highest BCUT2D eigenvalue weighted by Crippen LogP contribution is 2.36. The summed E-state index contributed by atoms with van der Waals surface area (Å²) in [6.45, 7) is 2.06. The van der Waals surface area contributed by atoms with E-state index in [1.54, 1.807) is 11.5 Å². The van der Waals surface area contributed by atoms with Crippen LogP contribution in [0, 0.1) is 30.9 Å². The fourth-order valence-electron chi connectivity index (χ4n) is 2.71. The Morgan fingerprint density at radius 2 is 2.04 bits per heavy atom. The second-order valence-corrected chi connectivity index (χ2v) is 5.99. The quantitative estimate of drug-likeness (QED) is 0.784. The SMILES string of the molecule is C#CCCC1(CCNC(=O)Cn2c(C)nc3cc(F)c(F)cc32)N=N1. The second-order valence-electron chi connectivity index (χ2n) is 5.99. The van der Waals surface area contributed by atoms with Crippen LogP contribution in [-0.2, 0) is 11.3 Å². The van der Waals surface area contributed by atoms with Gasteiger partial charge in [-0.1, -0.05) is 0 Å². The third-order valence-electron chi connectivity index (χ3n) is 4.18. The summed E-state index contributed by atoms with van der Waals surface area (Å²) in [5, 5.41) is 10.8. The van der Waals surface area contributed by atoms with E-state index in [-0.39, 0.29) is 12.5 Å². The number of amides is 1. The van der Waals surface area contributed by atoms with E-state index in [1.807, 2.05) is 0 Å². The van der Waals surface area contributed by atoms with Crippen molar-refractivity contribution in [1.82, 2.24) is 14.9 Å². The molecule has 0 aliphatic carbocycles. The van der Waals surface area contributed by atoms with Crippen LogP contribution in [0.15, 0.2) is 22.4 Å². The lowest BCUT2D eigenvalue weighted by Crippen LogP contribution is -2.31. The summed E-state index contributed by atoms with van der Waals surface area (Å²) in [5.41, 5.74) is 0.245. The number of benzene rings is 1. The molecular weight excluding hydrogens is 328 g/mol. The minimum atomic E-state index is -0.971. The number of carbonyl (C=O) groups is 1. The average Bonchev–Trinajstić information content (AvgIpc) is 3.28. The first-order valence-corrected chi connectivity index (χ1v) is 7.90. The van der Waals surface area contributed by atoms with Crippen LogP contribution in [0.2, 0.25) is 0 Å². The Kier molecular flexibility index (Phi) is 4.49. The van der Waals surface area contributed by atoms with Crippen molar-refractivity contribution in [3.63, 3.8) is 0 Å². The normalized spacial score (nSPS) is 14.5. The monoisotopic (exact) mass is 345 g/mol. The average molecular weight is 345 g/mol. The number of fused-ring (bicyclic) bond motifs is 1. The lowest BCUT2D eigenvalue weighted by molar-refractivity contribution is -0.121. The van der Waals surface area contributed by atoms with Gasteiger partial charge in [-0.05, 0) is 6.92 Å². The van der Waals surface area contributed by atoms with E-state index in [2.05, 4.69) is 26.4 Å². The Hall–Kier alpha value is -2.82. The van der Waals surface area contributed by atoms with Crippen LogP contribution in [-0.4, -0.2) is 27.7 Å². The van der Waals surface area contributed by atoms with Gasteiger partial charge >= 0.3 is 0 Å². The lowest BCUT2D eigenvalue weighted by atomic mass is 10.0. The molecule has 1 N–H and O–H groups in total. The highest BCUT2D eigenvalue weighted by Gasteiger charge is 2.38. The summed E-state index contributed by atoms with van der Waals surface area (Å²) >= 11 is 0. The number of hydrogen-bond acceptors (Lipinski definition) is 4. The van der Waals surface area contributed by atoms with Crippen molar-refractivity contribution >= 4 is 16.9 Å². The summed E-state index contributed by atoms with van der Waals surface area (Å²) in [6.07, 6.45) is 7.08. The Bertz CT molecular complexity index is 891. The first-order chi connectivity index (χ1) is 11.9. The first-order valence-electron chi connectivity index (χ1n) is 7.90. The van der Waals surface area contributed by atoms with Crippen molar-refractivity contribution in [2.75, 3.05) is 6.54 Å². The van der Waals surface area contributed by atoms with Crippen LogP contribution in [0.4, 0.5) is 8.78 Å². The van der Waals surface area contributed by atoms with Crippen LogP contribution >= 0.6 is 0 Å². The molecule has 25 heavy (non-hydrogen) atoms. The van der Waals surface area contributed by atoms with E-state index in [0.29, 0.717) is 42.7 Å². The van der Waals surface area contributed by atoms with Crippen LogP contribution in [0.3, 0.4) is 0 Å². The number of nitrogens with one attached hydrogen (secondary N) is 1. The van der Waals surface area contributed by atoms with Crippen molar-refractivity contribution in [1.29, 1.82) is 0 Å². The molecule has 8 heteroatoms. The zero-order chi connectivity index (χ0) is 18.0. The highest BCUT2D eigenvalue weighted by atomic mass is 19.2. The fourth-order valence-corrected chi connectivity index (χ4v) is 2.71. The molecule has 0 unspecified atom stereocenters. The molecule has 6 nitrogen and oxygen atoms in total. The molecule has 1 aliphatic heterocycles. The molecule has 1 aromatic carbocycles. The summed E-state index contributed by atoms with van der Waals surface area (Å²) in [6, 6.07) is 2.08. The number of terminal acetylenes is 1. The van der Waals surface area contributed by atoms with Gasteiger partial charge in [0.2, 0.25) is 5.91 Å². The van der Waals surface area contributed by atoms with Gasteiger partial charge in [0, 0.05) is 37.9 Å². The van der Waals surface area contributed by atoms with E-state index < -0.39 is 17.3 Å². The van der Waals surface area contributed by atoms with Gasteiger partial charge in [0.05, 0.1) is 11.0 Å². The predicted molar refractivity (Wildman–Crippen MR) is 87.7 cm³/mol. The van der Waals surface area contributed by atoms with Crippen molar-refractivity contribution < 1.29 is 13.6 Å². The number of carbonyl (C=O) groups excluding carboxylic acids is 1. The summed E-state index contributed by atoms with van der Waals surface area (Å²) in [7, 11) is 0. The molecule has 1 aromatic heterocycles. The molecule has 130 valence electrons. The molecule has 0 saturated heterocycles. The smallest absolute Gasteiger partial charge is 0.240 e. The van der Waals surface area contributed by atoms with Gasteiger partial charge in [0.25, 0.3) is 0 Å². The zero-order valence-electron chi connectivity index (χ0n) is 13.7. The van der Waals surface area contributed by atoms with Crippen LogP contribution in [0.25, 0.3) is 11.0 Å². The largest absolute Gasteiger partial charge is 0.354 e. The molecule has 0 saturated carbocycles. The van der Waals surface area contributed by atoms with E-state index in [1.165, 1.54) is 0 Å². The molecule has 0 fully saturated rings. The Labute approximate surface area is 143 Å². The Morgan fingerprint density at radius 1 is 1.32 bits per heavy atom. The van der Waals surface area contributed by atoms with Gasteiger partial charge in [0.1, 0.15) is 12.4 Å². The predicted octanol–water partition coefficient (Wildman–Crippen LogP) is 2.70. The third-order valence-corrected chi connectivity index (χ3v) is 4.18. The summed E-state index contributed by atoms with van der Waals surface area (Å²) in [5.74, 6) is 0.874. The molecule has 3 rings (SSSR count). The van der Waals surface area contributed by atoms with Crippen molar-refractivity contribution in [2.24, 2.45) is 10.2 Å². The maximum atomic E-state index is 13.5. The van der Waals surface area contributed by atoms with Gasteiger partial charge in [-0.3, -0.25) is 4.79 Å². The van der Waals surface area contributed by atoms with Gasteiger partial charge < -0.3 is 9.88 Å². The van der Waals surface area contributed by atoms with Crippen LogP contribution < -0.4 is 5.32 Å². The van der Waals surface area contributed by atoms with E-state index in [9.17, 15) is 13.6 Å². The Morgan fingerprint density at radius 3 is 2.72 bits per heavy atom. The molecule has 2 aromatic rings. The minimum absolute atomic E-state index is 0.0287. The number of imidazole rings is 1. The maximum Gasteiger partial charge on any atom is 0.240 e. The lowest BCUT2D eigenvalue weighted by Gasteiger charge is -2.11. The van der Waals surface area contributed by atoms with E-state index >= 15 is 0 Å². The molecule has 0 radical (unpaired) electrons. The molecule has 0 atom stereocenters. The van der Waals surface area contributed by atoms with Crippen molar-refractivity contribution in [3.05, 3.63) is 29.6 Å². The molecule has 2 heterocycles. The van der Waals surface area contributed by atoms with E-state index in [4.69, 9.17) is 6.42 Å². The number of rotatable bonds is 7. The van der Waals surface area contributed by atoms with Crippen molar-refractivity contribution in [3.8, 4) is 12.3 Å². The molecule has 0 spiro atoms. The second kappa shape index (κ2) is 6.59. The number of aromatic nitrogens is 2. The Balaban J connectivity index is 1.60. The third kappa shape index (κ3) is 3.65. The summed E-state index contributed by atoms with van der Waals surface area (Å²) in [4.78, 5) is 16.3. The molecule has 1 aliphatic rings. The topological polar surface area (TPSA) is 71.6 Å². The van der Waals surface area contributed by atoms with Crippen molar-refractivity contribution in [2.45, 2.75) is 38.4 Å². The van der Waals surface area contributed by atoms with Crippen LogP contribution in [0.1, 0.15) is 25.1 Å². The number of hydrogen-bond donors (Lipinski definition) is 1. The van der Waals surface area contributed by atoms with E-state index in [0.717, 1.165) is 12.1 Å². The highest BCUT2D eigenvalue weighted by molar-refractivity contribution is 5.81. The van der Waals surface area contributed by atoms with Crippen LogP contribution in [0.5, 0.6) is 0 Å². The number of aryl methyl sites for hydroxylation is 1. The standard InChI is InChI=1S/C17H17F2N5O/c1-3-4-5-17(22-23-17)6-7-20-16(25)10-24-11(2)21-14-8-12(18)13(19)9-15(14)24/h1,8-9H,4-7,10H2,2H3,(H,20,25). The maximum absolute atomic E-state index is 13.5. The first kappa shape index (κ1) is 17.0. The minimum Gasteiger partial charge on any atom is -0.354 e. The molecule has 1 amide bonds. The van der Waals surface area contributed by atoms with Gasteiger partial charge in [-0.25, -0.2) is 13.8 Å². The number of nitrogens with zero attached hydrogens (tertiary/aromatic N) is 4. The zero-order valence-corrected chi connectivity index (χ0v) is 13.7. The molecule has 0 bridgehead atoms. The van der Waals surface area contributed by atoms with Gasteiger partial charge in [-0.2, -0.15) is 10.2 Å². The summed E-state index contributed by atoms with van der Waals surface area (Å²) < 4.78 is 28.3. The van der Waals surface area contributed by atoms with Gasteiger partial charge in [-0.15, -0.1) is 12.3 Å². The molecular formula is C17H17F2N5O.